The van der Waals surface area contributed by atoms with Crippen LogP contribution in [0.1, 0.15) is 48.4 Å². The summed E-state index contributed by atoms with van der Waals surface area (Å²) in [6.07, 6.45) is 3.21. The first-order valence-corrected chi connectivity index (χ1v) is 8.51. The van der Waals surface area contributed by atoms with Gasteiger partial charge in [0.2, 0.25) is 0 Å². The van der Waals surface area contributed by atoms with E-state index in [1.165, 1.54) is 22.3 Å². The van der Waals surface area contributed by atoms with Gasteiger partial charge in [-0.3, -0.25) is 4.99 Å². The van der Waals surface area contributed by atoms with Crippen molar-refractivity contribution < 1.29 is 4.74 Å². The van der Waals surface area contributed by atoms with E-state index in [-0.39, 0.29) is 0 Å². The monoisotopic (exact) mass is 307 g/mol. The molecule has 1 aliphatic heterocycles. The van der Waals surface area contributed by atoms with Crippen LogP contribution in [0.15, 0.2) is 53.5 Å². The quantitative estimate of drug-likeness (QED) is 0.747. The third-order valence-corrected chi connectivity index (χ3v) is 4.55. The first kappa shape index (κ1) is 15.8. The molecule has 2 aromatic carbocycles. The van der Waals surface area contributed by atoms with Crippen LogP contribution in [0.3, 0.4) is 0 Å². The molecule has 0 N–H and O–H groups in total. The van der Waals surface area contributed by atoms with Gasteiger partial charge in [0.05, 0.1) is 6.54 Å². The zero-order valence-electron chi connectivity index (χ0n) is 14.3. The highest BCUT2D eigenvalue weighted by atomic mass is 16.5. The van der Waals surface area contributed by atoms with E-state index in [1.807, 2.05) is 0 Å². The number of aryl methyl sites for hydroxylation is 2. The fourth-order valence-corrected chi connectivity index (χ4v) is 3.04. The predicted molar refractivity (Wildman–Crippen MR) is 96.1 cm³/mol. The van der Waals surface area contributed by atoms with Gasteiger partial charge in [0.25, 0.3) is 0 Å². The smallest absolute Gasteiger partial charge is 0.185 e. The number of unbranched alkanes of at least 4 members (excludes halogenated alkanes) is 1. The zero-order valence-corrected chi connectivity index (χ0v) is 14.3. The van der Waals surface area contributed by atoms with E-state index < -0.39 is 5.60 Å². The maximum absolute atomic E-state index is 6.45. The number of hydrogen-bond donors (Lipinski definition) is 0. The Labute approximate surface area is 139 Å². The molecule has 2 aromatic rings. The molecule has 3 rings (SSSR count). The second-order valence-corrected chi connectivity index (χ2v) is 6.47. The van der Waals surface area contributed by atoms with Gasteiger partial charge in [-0.2, -0.15) is 0 Å². The summed E-state index contributed by atoms with van der Waals surface area (Å²) in [4.78, 5) is 4.72. The molecule has 0 atom stereocenters. The van der Waals surface area contributed by atoms with Crippen LogP contribution >= 0.6 is 0 Å². The molecular formula is C21H25NO. The molecule has 1 heterocycles. The van der Waals surface area contributed by atoms with Gasteiger partial charge in [0, 0.05) is 17.5 Å². The Kier molecular flexibility index (Phi) is 4.51. The minimum absolute atomic E-state index is 0.468. The molecule has 0 unspecified atom stereocenters. The number of rotatable bonds is 5. The van der Waals surface area contributed by atoms with Crippen LogP contribution in [0.5, 0.6) is 0 Å². The van der Waals surface area contributed by atoms with E-state index in [2.05, 4.69) is 69.3 Å². The summed E-state index contributed by atoms with van der Waals surface area (Å²) < 4.78 is 6.45. The van der Waals surface area contributed by atoms with Crippen molar-refractivity contribution in [3.8, 4) is 0 Å². The molecule has 0 radical (unpaired) electrons. The van der Waals surface area contributed by atoms with Gasteiger partial charge >= 0.3 is 0 Å². The van der Waals surface area contributed by atoms with Crippen LogP contribution in [0, 0.1) is 13.8 Å². The van der Waals surface area contributed by atoms with Gasteiger partial charge in [-0.1, -0.05) is 73.0 Å². The number of nitrogens with zero attached hydrogens (tertiary/aromatic N) is 1. The molecule has 2 heteroatoms. The Balaban J connectivity index is 1.98. The van der Waals surface area contributed by atoms with Crippen molar-refractivity contribution >= 4 is 5.90 Å². The summed E-state index contributed by atoms with van der Waals surface area (Å²) in [5.74, 6) is 0.896. The molecule has 0 fully saturated rings. The summed E-state index contributed by atoms with van der Waals surface area (Å²) in [7, 11) is 0. The molecule has 0 saturated carbocycles. The standard InChI is InChI=1S/C21H25NO/c1-4-5-6-20-22-15-21(23-20,18-11-7-16(2)8-12-18)19-13-9-17(3)10-14-19/h7-14H,4-6,15H2,1-3H3. The highest BCUT2D eigenvalue weighted by Crippen LogP contribution is 2.38. The Morgan fingerprint density at radius 2 is 1.43 bits per heavy atom. The third-order valence-electron chi connectivity index (χ3n) is 4.55. The molecule has 0 aromatic heterocycles. The minimum atomic E-state index is -0.468. The Hall–Kier alpha value is -2.09. The Morgan fingerprint density at radius 3 is 1.91 bits per heavy atom. The molecule has 0 bridgehead atoms. The van der Waals surface area contributed by atoms with E-state index in [4.69, 9.17) is 9.73 Å². The zero-order chi connectivity index (χ0) is 16.3. The number of aliphatic imine (C=N–C) groups is 1. The third kappa shape index (κ3) is 3.17. The summed E-state index contributed by atoms with van der Waals surface area (Å²) in [5.41, 5.74) is 4.42. The van der Waals surface area contributed by atoms with Gasteiger partial charge in [-0.25, -0.2) is 0 Å². The van der Waals surface area contributed by atoms with E-state index in [9.17, 15) is 0 Å². The highest BCUT2D eigenvalue weighted by molar-refractivity contribution is 5.79. The SMILES string of the molecule is CCCCC1=NCC(c2ccc(C)cc2)(c2ccc(C)cc2)O1. The van der Waals surface area contributed by atoms with Crippen LogP contribution < -0.4 is 0 Å². The molecule has 0 saturated heterocycles. The second-order valence-electron chi connectivity index (χ2n) is 6.47. The van der Waals surface area contributed by atoms with E-state index in [0.717, 1.165) is 25.2 Å². The van der Waals surface area contributed by atoms with Crippen molar-refractivity contribution in [3.05, 3.63) is 70.8 Å². The lowest BCUT2D eigenvalue weighted by Crippen LogP contribution is -2.32. The van der Waals surface area contributed by atoms with Gasteiger partial charge in [-0.05, 0) is 20.3 Å². The summed E-state index contributed by atoms with van der Waals surface area (Å²) in [6, 6.07) is 17.3. The van der Waals surface area contributed by atoms with E-state index >= 15 is 0 Å². The van der Waals surface area contributed by atoms with Crippen LogP contribution in [-0.2, 0) is 10.3 Å². The second kappa shape index (κ2) is 6.57. The highest BCUT2D eigenvalue weighted by Gasteiger charge is 2.41. The first-order valence-electron chi connectivity index (χ1n) is 8.51. The average molecular weight is 307 g/mol. The van der Waals surface area contributed by atoms with Gasteiger partial charge in [0.1, 0.15) is 0 Å². The van der Waals surface area contributed by atoms with Crippen molar-refractivity contribution in [3.63, 3.8) is 0 Å². The summed E-state index contributed by atoms with van der Waals surface area (Å²) in [6.45, 7) is 7.09. The average Bonchev–Trinajstić information content (AvgIpc) is 2.99. The van der Waals surface area contributed by atoms with Crippen LogP contribution in [0.4, 0.5) is 0 Å². The van der Waals surface area contributed by atoms with E-state index in [1.54, 1.807) is 0 Å². The lowest BCUT2D eigenvalue weighted by Gasteiger charge is -2.30. The Bertz CT molecular complexity index is 637. The van der Waals surface area contributed by atoms with E-state index in [0.29, 0.717) is 6.54 Å². The van der Waals surface area contributed by atoms with Crippen LogP contribution in [0.25, 0.3) is 0 Å². The largest absolute Gasteiger partial charge is 0.463 e. The lowest BCUT2D eigenvalue weighted by molar-refractivity contribution is 0.127. The van der Waals surface area contributed by atoms with Crippen molar-refractivity contribution in [2.24, 2.45) is 4.99 Å². The maximum Gasteiger partial charge on any atom is 0.185 e. The molecule has 2 nitrogen and oxygen atoms in total. The molecule has 120 valence electrons. The Morgan fingerprint density at radius 1 is 0.913 bits per heavy atom. The van der Waals surface area contributed by atoms with Gasteiger partial charge in [-0.15, -0.1) is 0 Å². The van der Waals surface area contributed by atoms with Crippen molar-refractivity contribution in [1.82, 2.24) is 0 Å². The van der Waals surface area contributed by atoms with Gasteiger partial charge < -0.3 is 4.74 Å². The van der Waals surface area contributed by atoms with Crippen molar-refractivity contribution in [1.29, 1.82) is 0 Å². The fourth-order valence-electron chi connectivity index (χ4n) is 3.04. The molecule has 0 spiro atoms. The number of hydrogen-bond acceptors (Lipinski definition) is 2. The van der Waals surface area contributed by atoms with Crippen molar-refractivity contribution in [2.75, 3.05) is 6.54 Å². The topological polar surface area (TPSA) is 21.6 Å². The lowest BCUT2D eigenvalue weighted by atomic mass is 9.85. The summed E-state index contributed by atoms with van der Waals surface area (Å²) in [5, 5.41) is 0. The minimum Gasteiger partial charge on any atom is -0.463 e. The number of benzene rings is 2. The van der Waals surface area contributed by atoms with Crippen LogP contribution in [-0.4, -0.2) is 12.4 Å². The molecule has 0 amide bonds. The molecule has 1 aliphatic rings. The van der Waals surface area contributed by atoms with Gasteiger partial charge in [0.15, 0.2) is 11.5 Å². The summed E-state index contributed by atoms with van der Waals surface area (Å²) >= 11 is 0. The normalized spacial score (nSPS) is 16.0. The van der Waals surface area contributed by atoms with Crippen molar-refractivity contribution in [2.45, 2.75) is 45.6 Å². The predicted octanol–water partition coefficient (Wildman–Crippen LogP) is 5.17. The fraction of sp³-hybridized carbons (Fsp3) is 0.381. The number of ether oxygens (including phenoxy) is 1. The molecule has 23 heavy (non-hydrogen) atoms. The molecule has 0 aliphatic carbocycles. The maximum atomic E-state index is 6.45. The van der Waals surface area contributed by atoms with Crippen LogP contribution in [0.2, 0.25) is 0 Å². The molecular weight excluding hydrogens is 282 g/mol. The first-order chi connectivity index (χ1) is 11.1.